The van der Waals surface area contributed by atoms with Gasteiger partial charge in [0.2, 0.25) is 0 Å². The Hall–Kier alpha value is -3.53. The van der Waals surface area contributed by atoms with Gasteiger partial charge in [-0.25, -0.2) is 0 Å². The van der Waals surface area contributed by atoms with E-state index in [1.165, 1.54) is 33.3 Å². The van der Waals surface area contributed by atoms with Gasteiger partial charge in [0.15, 0.2) is 0 Å². The SMILES string of the molecule is c1ccc2c(c1)-c1cccc3c1B1c4c(cccc4-c4ncccc4N12)O3. The number of aromatic nitrogens is 1. The van der Waals surface area contributed by atoms with E-state index in [4.69, 9.17) is 9.72 Å². The lowest BCUT2D eigenvalue weighted by Crippen LogP contribution is -2.61. The topological polar surface area (TPSA) is 25.4 Å². The highest BCUT2D eigenvalue weighted by Crippen LogP contribution is 2.48. The van der Waals surface area contributed by atoms with Crippen LogP contribution in [-0.4, -0.2) is 11.8 Å². The fourth-order valence-electron chi connectivity index (χ4n) is 4.91. The quantitative estimate of drug-likeness (QED) is 0.449. The molecule has 4 heteroatoms. The zero-order valence-electron chi connectivity index (χ0n) is 14.4. The van der Waals surface area contributed by atoms with Crippen molar-refractivity contribution in [2.45, 2.75) is 0 Å². The highest BCUT2D eigenvalue weighted by atomic mass is 16.5. The minimum absolute atomic E-state index is 0.114. The molecule has 0 bridgehead atoms. The Kier molecular flexibility index (Phi) is 2.32. The van der Waals surface area contributed by atoms with E-state index in [1.54, 1.807) is 0 Å². The van der Waals surface area contributed by atoms with Gasteiger partial charge in [-0.3, -0.25) is 4.98 Å². The van der Waals surface area contributed by atoms with E-state index in [-0.39, 0.29) is 6.85 Å². The molecule has 0 saturated carbocycles. The summed E-state index contributed by atoms with van der Waals surface area (Å²) >= 11 is 0. The molecule has 4 aromatic rings. The maximum Gasteiger partial charge on any atom is 0.337 e. The van der Waals surface area contributed by atoms with Crippen LogP contribution in [0, 0.1) is 0 Å². The molecule has 27 heavy (non-hydrogen) atoms. The second-order valence-corrected chi connectivity index (χ2v) is 7.20. The fraction of sp³-hybridized carbons (Fsp3) is 0. The molecule has 0 aliphatic carbocycles. The summed E-state index contributed by atoms with van der Waals surface area (Å²) < 4.78 is 6.36. The second-order valence-electron chi connectivity index (χ2n) is 7.20. The zero-order valence-corrected chi connectivity index (χ0v) is 14.4. The van der Waals surface area contributed by atoms with Gasteiger partial charge in [-0.2, -0.15) is 0 Å². The van der Waals surface area contributed by atoms with E-state index >= 15 is 0 Å². The molecule has 1 aromatic heterocycles. The molecule has 7 rings (SSSR count). The minimum Gasteiger partial charge on any atom is -0.458 e. The summed E-state index contributed by atoms with van der Waals surface area (Å²) in [5.41, 5.74) is 9.55. The number of benzene rings is 3. The molecule has 0 fully saturated rings. The van der Waals surface area contributed by atoms with E-state index in [1.807, 2.05) is 12.3 Å². The molecule has 0 amide bonds. The van der Waals surface area contributed by atoms with Gasteiger partial charge in [-0.1, -0.05) is 42.5 Å². The molecule has 3 aliphatic rings. The predicted molar refractivity (Wildman–Crippen MR) is 109 cm³/mol. The summed E-state index contributed by atoms with van der Waals surface area (Å²) in [6.07, 6.45) is 1.87. The van der Waals surface area contributed by atoms with Crippen molar-refractivity contribution in [1.82, 2.24) is 4.98 Å². The second kappa shape index (κ2) is 4.60. The zero-order chi connectivity index (χ0) is 17.5. The third-order valence-corrected chi connectivity index (χ3v) is 5.91. The van der Waals surface area contributed by atoms with Crippen LogP contribution in [-0.2, 0) is 0 Å². The summed E-state index contributed by atoms with van der Waals surface area (Å²) in [6, 6.07) is 25.5. The summed E-state index contributed by atoms with van der Waals surface area (Å²) in [6.45, 7) is 0.114. The van der Waals surface area contributed by atoms with Crippen molar-refractivity contribution < 1.29 is 4.74 Å². The maximum atomic E-state index is 6.36. The predicted octanol–water partition coefficient (Wildman–Crippen LogP) is 4.09. The van der Waals surface area contributed by atoms with E-state index in [2.05, 4.69) is 71.5 Å². The van der Waals surface area contributed by atoms with Crippen LogP contribution < -0.4 is 20.5 Å². The molecule has 0 spiro atoms. The smallest absolute Gasteiger partial charge is 0.337 e. The van der Waals surface area contributed by atoms with Crippen LogP contribution >= 0.6 is 0 Å². The molecule has 0 saturated heterocycles. The summed E-state index contributed by atoms with van der Waals surface area (Å²) in [5.74, 6) is 1.89. The third kappa shape index (κ3) is 1.53. The van der Waals surface area contributed by atoms with Crippen molar-refractivity contribution in [1.29, 1.82) is 0 Å². The molecule has 3 nitrogen and oxygen atoms in total. The molecule has 0 radical (unpaired) electrons. The Morgan fingerprint density at radius 2 is 1.37 bits per heavy atom. The van der Waals surface area contributed by atoms with Crippen molar-refractivity contribution in [3.05, 3.63) is 79.0 Å². The van der Waals surface area contributed by atoms with Crippen LogP contribution in [0.25, 0.3) is 22.4 Å². The van der Waals surface area contributed by atoms with Gasteiger partial charge in [0.1, 0.15) is 11.5 Å². The van der Waals surface area contributed by atoms with Crippen molar-refractivity contribution >= 4 is 29.1 Å². The van der Waals surface area contributed by atoms with E-state index < -0.39 is 0 Å². The third-order valence-electron chi connectivity index (χ3n) is 5.91. The Labute approximate surface area is 157 Å². The number of hydrogen-bond acceptors (Lipinski definition) is 3. The first-order valence-electron chi connectivity index (χ1n) is 9.19. The first-order chi connectivity index (χ1) is 13.4. The first kappa shape index (κ1) is 13.6. The standard InChI is InChI=1S/C23H13BN2O/c1-2-9-17-14(6-1)15-7-3-11-19-21(15)24-22-16(8-4-12-20(22)27-19)23-18(26(17)24)10-5-13-25-23/h1-13H. The Morgan fingerprint density at radius 3 is 2.26 bits per heavy atom. The molecule has 4 heterocycles. The van der Waals surface area contributed by atoms with Crippen LogP contribution in [0.5, 0.6) is 11.5 Å². The molecule has 124 valence electrons. The lowest BCUT2D eigenvalue weighted by molar-refractivity contribution is 0.487. The van der Waals surface area contributed by atoms with Crippen molar-refractivity contribution in [3.8, 4) is 33.9 Å². The van der Waals surface area contributed by atoms with Gasteiger partial charge in [-0.05, 0) is 35.9 Å². The van der Waals surface area contributed by atoms with Crippen molar-refractivity contribution in [3.63, 3.8) is 0 Å². The number of anilines is 2. The van der Waals surface area contributed by atoms with Crippen molar-refractivity contribution in [2.24, 2.45) is 0 Å². The lowest BCUT2D eigenvalue weighted by atomic mass is 9.42. The van der Waals surface area contributed by atoms with Crippen LogP contribution in [0.4, 0.5) is 11.4 Å². The lowest BCUT2D eigenvalue weighted by Gasteiger charge is -2.45. The number of pyridine rings is 1. The minimum atomic E-state index is 0.114. The molecule has 3 aliphatic heterocycles. The Balaban J connectivity index is 1.70. The summed E-state index contributed by atoms with van der Waals surface area (Å²) in [5, 5.41) is 0. The van der Waals surface area contributed by atoms with Gasteiger partial charge in [-0.15, -0.1) is 0 Å². The molecule has 3 aromatic carbocycles. The van der Waals surface area contributed by atoms with Gasteiger partial charge in [0, 0.05) is 33.9 Å². The number of nitrogens with zero attached hydrogens (tertiary/aromatic N) is 2. The maximum absolute atomic E-state index is 6.36. The average Bonchev–Trinajstić information content (AvgIpc) is 2.74. The summed E-state index contributed by atoms with van der Waals surface area (Å²) in [4.78, 5) is 7.19. The van der Waals surface area contributed by atoms with Gasteiger partial charge >= 0.3 is 6.85 Å². The van der Waals surface area contributed by atoms with E-state index in [0.717, 1.165) is 22.9 Å². The Morgan fingerprint density at radius 1 is 0.667 bits per heavy atom. The van der Waals surface area contributed by atoms with Gasteiger partial charge in [0.25, 0.3) is 0 Å². The summed E-state index contributed by atoms with van der Waals surface area (Å²) in [7, 11) is 0. The molecule has 0 atom stereocenters. The Bertz CT molecular complexity index is 1190. The number of hydrogen-bond donors (Lipinski definition) is 0. The monoisotopic (exact) mass is 344 g/mol. The fourth-order valence-corrected chi connectivity index (χ4v) is 4.91. The first-order valence-corrected chi connectivity index (χ1v) is 9.19. The highest BCUT2D eigenvalue weighted by molar-refractivity contribution is 6.94. The normalized spacial score (nSPS) is 14.1. The number of ether oxygens (including phenoxy) is 1. The molecule has 0 N–H and O–H groups in total. The average molecular weight is 344 g/mol. The molecule has 0 unspecified atom stereocenters. The van der Waals surface area contributed by atoms with Gasteiger partial charge in [0.05, 0.1) is 11.4 Å². The number of fused-ring (bicyclic) bond motifs is 6. The molecular weight excluding hydrogens is 331 g/mol. The number of para-hydroxylation sites is 1. The highest BCUT2D eigenvalue weighted by Gasteiger charge is 2.47. The van der Waals surface area contributed by atoms with E-state index in [0.29, 0.717) is 0 Å². The molecular formula is C23H13BN2O. The van der Waals surface area contributed by atoms with Gasteiger partial charge < -0.3 is 9.55 Å². The number of rotatable bonds is 0. The van der Waals surface area contributed by atoms with Crippen LogP contribution in [0.1, 0.15) is 0 Å². The van der Waals surface area contributed by atoms with E-state index in [9.17, 15) is 0 Å². The van der Waals surface area contributed by atoms with Crippen LogP contribution in [0.2, 0.25) is 0 Å². The largest absolute Gasteiger partial charge is 0.458 e. The van der Waals surface area contributed by atoms with Crippen molar-refractivity contribution in [2.75, 3.05) is 4.81 Å². The van der Waals surface area contributed by atoms with Crippen LogP contribution in [0.3, 0.4) is 0 Å². The van der Waals surface area contributed by atoms with Crippen LogP contribution in [0.15, 0.2) is 79.0 Å².